The van der Waals surface area contributed by atoms with E-state index in [1.165, 1.54) is 10.6 Å². The third-order valence-corrected chi connectivity index (χ3v) is 7.14. The molecule has 0 aliphatic carbocycles. The lowest BCUT2D eigenvalue weighted by Crippen LogP contribution is -2.44. The van der Waals surface area contributed by atoms with Crippen molar-refractivity contribution in [1.82, 2.24) is 4.90 Å². The van der Waals surface area contributed by atoms with Gasteiger partial charge in [-0.25, -0.2) is 4.79 Å². The van der Waals surface area contributed by atoms with Gasteiger partial charge in [-0.05, 0) is 52.3 Å². The van der Waals surface area contributed by atoms with E-state index in [9.17, 15) is 4.79 Å². The molecule has 3 aromatic carbocycles. The summed E-state index contributed by atoms with van der Waals surface area (Å²) in [5.41, 5.74) is 0. The Morgan fingerprint density at radius 2 is 1.17 bits per heavy atom. The molecule has 3 aromatic rings. The van der Waals surface area contributed by atoms with Crippen molar-refractivity contribution in [2.24, 2.45) is 0 Å². The number of carbonyl (C=O) groups is 1. The molecule has 0 N–H and O–H groups in total. The topological polar surface area (TPSA) is 29.5 Å². The first-order valence-electron chi connectivity index (χ1n) is 9.98. The lowest BCUT2D eigenvalue weighted by atomic mass is 10.2. The second-order valence-corrected chi connectivity index (χ2v) is 9.62. The minimum absolute atomic E-state index is 0.0689. The maximum absolute atomic E-state index is 13.0. The van der Waals surface area contributed by atoms with Crippen LogP contribution >= 0.6 is 7.92 Å². The summed E-state index contributed by atoms with van der Waals surface area (Å²) in [5, 5.41) is 3.49. The molecule has 3 rings (SSSR count). The summed E-state index contributed by atoms with van der Waals surface area (Å²) in [6.45, 7) is 8.03. The highest BCUT2D eigenvalue weighted by molar-refractivity contribution is 7.80. The van der Waals surface area contributed by atoms with Gasteiger partial charge in [-0.2, -0.15) is 0 Å². The smallest absolute Gasteiger partial charge is 0.409 e. The van der Waals surface area contributed by atoms with Crippen LogP contribution in [0.2, 0.25) is 0 Å². The molecule has 3 nitrogen and oxygen atoms in total. The lowest BCUT2D eigenvalue weighted by molar-refractivity contribution is 0.123. The maximum Gasteiger partial charge on any atom is 0.415 e. The van der Waals surface area contributed by atoms with Crippen LogP contribution < -0.4 is 20.7 Å². The van der Waals surface area contributed by atoms with Gasteiger partial charge in [-0.1, -0.05) is 78.9 Å². The SMILES string of the molecule is CC(C)N(C(=O)Oc1ccccc1P(c1ccccc1)c1ccccc1)C(C)C. The molecule has 0 aliphatic heterocycles. The quantitative estimate of drug-likeness (QED) is 0.537. The van der Waals surface area contributed by atoms with Crippen LogP contribution in [0.5, 0.6) is 5.75 Å². The molecule has 29 heavy (non-hydrogen) atoms. The average molecular weight is 405 g/mol. The second-order valence-electron chi connectivity index (χ2n) is 7.44. The van der Waals surface area contributed by atoms with Crippen LogP contribution in [0.25, 0.3) is 0 Å². The molecule has 0 spiro atoms. The van der Waals surface area contributed by atoms with E-state index in [4.69, 9.17) is 4.74 Å². The van der Waals surface area contributed by atoms with Gasteiger partial charge >= 0.3 is 6.09 Å². The first kappa shape index (κ1) is 21.1. The number of hydrogen-bond donors (Lipinski definition) is 0. The highest BCUT2D eigenvalue weighted by Gasteiger charge is 2.25. The van der Waals surface area contributed by atoms with E-state index in [0.29, 0.717) is 5.75 Å². The summed E-state index contributed by atoms with van der Waals surface area (Å²) in [5.74, 6) is 0.627. The lowest BCUT2D eigenvalue weighted by Gasteiger charge is -2.30. The molecule has 4 heteroatoms. The van der Waals surface area contributed by atoms with Crippen molar-refractivity contribution in [3.8, 4) is 5.75 Å². The Bertz CT molecular complexity index is 878. The van der Waals surface area contributed by atoms with Crippen molar-refractivity contribution < 1.29 is 9.53 Å². The normalized spacial score (nSPS) is 11.1. The molecule has 0 bridgehead atoms. The van der Waals surface area contributed by atoms with E-state index in [-0.39, 0.29) is 18.2 Å². The van der Waals surface area contributed by atoms with E-state index >= 15 is 0 Å². The molecule has 150 valence electrons. The fraction of sp³-hybridized carbons (Fsp3) is 0.240. The first-order chi connectivity index (χ1) is 14.0. The zero-order chi connectivity index (χ0) is 20.8. The Labute approximate surface area is 175 Å². The molecule has 0 aromatic heterocycles. The molecule has 1 amide bonds. The highest BCUT2D eigenvalue weighted by atomic mass is 31.1. The molecule has 0 saturated heterocycles. The molecule has 0 aliphatic rings. The van der Waals surface area contributed by atoms with Crippen molar-refractivity contribution >= 4 is 29.9 Å². The molecular formula is C25H28NO2P. The van der Waals surface area contributed by atoms with Gasteiger partial charge in [0.1, 0.15) is 5.75 Å². The predicted octanol–water partition coefficient (Wildman–Crippen LogP) is 5.06. The number of amides is 1. The summed E-state index contributed by atoms with van der Waals surface area (Å²) < 4.78 is 5.96. The van der Waals surface area contributed by atoms with E-state index < -0.39 is 7.92 Å². The number of rotatable bonds is 6. The molecule has 0 unspecified atom stereocenters. The van der Waals surface area contributed by atoms with Gasteiger partial charge in [0, 0.05) is 17.4 Å². The summed E-state index contributed by atoms with van der Waals surface area (Å²) in [6, 6.07) is 28.9. The Morgan fingerprint density at radius 3 is 1.66 bits per heavy atom. The largest absolute Gasteiger partial charge is 0.415 e. The minimum Gasteiger partial charge on any atom is -0.409 e. The van der Waals surface area contributed by atoms with E-state index in [1.54, 1.807) is 4.90 Å². The van der Waals surface area contributed by atoms with Crippen LogP contribution in [0.15, 0.2) is 84.9 Å². The second kappa shape index (κ2) is 9.71. The summed E-state index contributed by atoms with van der Waals surface area (Å²) in [7, 11) is -0.843. The number of benzene rings is 3. The zero-order valence-electron chi connectivity index (χ0n) is 17.4. The Balaban J connectivity index is 2.04. The third kappa shape index (κ3) is 5.05. The van der Waals surface area contributed by atoms with Gasteiger partial charge in [0.25, 0.3) is 0 Å². The zero-order valence-corrected chi connectivity index (χ0v) is 18.3. The number of ether oxygens (including phenoxy) is 1. The summed E-state index contributed by atoms with van der Waals surface area (Å²) in [6.07, 6.45) is -0.307. The van der Waals surface area contributed by atoms with Crippen molar-refractivity contribution in [2.45, 2.75) is 39.8 Å². The van der Waals surface area contributed by atoms with Gasteiger partial charge in [-0.3, -0.25) is 0 Å². The van der Waals surface area contributed by atoms with Crippen molar-refractivity contribution in [3.63, 3.8) is 0 Å². The van der Waals surface area contributed by atoms with E-state index in [0.717, 1.165) is 5.30 Å². The van der Waals surface area contributed by atoms with Crippen molar-refractivity contribution in [3.05, 3.63) is 84.9 Å². The highest BCUT2D eigenvalue weighted by Crippen LogP contribution is 2.36. The predicted molar refractivity (Wildman–Crippen MR) is 123 cm³/mol. The van der Waals surface area contributed by atoms with E-state index in [1.807, 2.05) is 58.0 Å². The Morgan fingerprint density at radius 1 is 0.724 bits per heavy atom. The molecule has 0 fully saturated rings. The Kier molecular flexibility index (Phi) is 7.06. The fourth-order valence-electron chi connectivity index (χ4n) is 3.47. The monoisotopic (exact) mass is 405 g/mol. The summed E-state index contributed by atoms with van der Waals surface area (Å²) in [4.78, 5) is 14.7. The van der Waals surface area contributed by atoms with Crippen LogP contribution in [0.3, 0.4) is 0 Å². The fourth-order valence-corrected chi connectivity index (χ4v) is 5.85. The number of para-hydroxylation sites is 1. The van der Waals surface area contributed by atoms with Crippen LogP contribution in [-0.4, -0.2) is 23.1 Å². The number of carbonyl (C=O) groups excluding carboxylic acids is 1. The number of hydrogen-bond acceptors (Lipinski definition) is 2. The van der Waals surface area contributed by atoms with Gasteiger partial charge in [0.2, 0.25) is 0 Å². The minimum atomic E-state index is -0.843. The molecule has 0 saturated carbocycles. The number of nitrogens with zero attached hydrogens (tertiary/aromatic N) is 1. The van der Waals surface area contributed by atoms with Gasteiger partial charge in [0.05, 0.1) is 0 Å². The molecule has 0 radical (unpaired) electrons. The average Bonchev–Trinajstić information content (AvgIpc) is 2.70. The standard InChI is InChI=1S/C25H28NO2P/c1-19(2)26(20(3)4)25(27)28-23-17-11-12-18-24(23)29(21-13-7-5-8-14-21)22-15-9-6-10-16-22/h5-20H,1-4H3. The molecule has 0 heterocycles. The Hall–Kier alpha value is -2.64. The third-order valence-electron chi connectivity index (χ3n) is 4.66. The van der Waals surface area contributed by atoms with E-state index in [2.05, 4.69) is 54.6 Å². The van der Waals surface area contributed by atoms with Gasteiger partial charge in [-0.15, -0.1) is 0 Å². The first-order valence-corrected chi connectivity index (χ1v) is 11.3. The maximum atomic E-state index is 13.0. The summed E-state index contributed by atoms with van der Waals surface area (Å²) >= 11 is 0. The molecular weight excluding hydrogens is 377 g/mol. The van der Waals surface area contributed by atoms with Crippen LogP contribution in [0.1, 0.15) is 27.7 Å². The van der Waals surface area contributed by atoms with Crippen LogP contribution in [0.4, 0.5) is 4.79 Å². The van der Waals surface area contributed by atoms with Crippen LogP contribution in [-0.2, 0) is 0 Å². The van der Waals surface area contributed by atoms with Gasteiger partial charge in [0.15, 0.2) is 0 Å². The van der Waals surface area contributed by atoms with Crippen molar-refractivity contribution in [2.75, 3.05) is 0 Å². The van der Waals surface area contributed by atoms with Gasteiger partial charge < -0.3 is 9.64 Å². The molecule has 0 atom stereocenters. The van der Waals surface area contributed by atoms with Crippen LogP contribution in [0, 0.1) is 0 Å². The van der Waals surface area contributed by atoms with Crippen molar-refractivity contribution in [1.29, 1.82) is 0 Å².